The van der Waals surface area contributed by atoms with Crippen molar-refractivity contribution in [2.75, 3.05) is 26.2 Å². The number of hydrogen-bond acceptors (Lipinski definition) is 3. The van der Waals surface area contributed by atoms with Gasteiger partial charge in [-0.1, -0.05) is 17.7 Å². The highest BCUT2D eigenvalue weighted by Crippen LogP contribution is 2.08. The number of benzene rings is 1. The molecule has 124 valence electrons. The molecule has 2 rings (SSSR count). The molecule has 0 aromatic heterocycles. The minimum atomic E-state index is -0.292. The fraction of sp³-hybridized carbons (Fsp3) is 0.471. The lowest BCUT2D eigenvalue weighted by atomic mass is 10.1. The number of carbonyl (C=O) groups excluding carboxylic acids is 3. The van der Waals surface area contributed by atoms with Gasteiger partial charge in [-0.15, -0.1) is 0 Å². The number of nitrogens with one attached hydrogen (secondary N) is 2. The molecule has 1 aliphatic heterocycles. The van der Waals surface area contributed by atoms with Crippen LogP contribution in [0.25, 0.3) is 0 Å². The third-order valence-corrected chi connectivity index (χ3v) is 3.84. The summed E-state index contributed by atoms with van der Waals surface area (Å²) in [5.41, 5.74) is 1.59. The molecule has 0 radical (unpaired) electrons. The van der Waals surface area contributed by atoms with E-state index in [4.69, 9.17) is 0 Å². The van der Waals surface area contributed by atoms with Crippen LogP contribution in [0.4, 0.5) is 0 Å². The predicted molar refractivity (Wildman–Crippen MR) is 87.0 cm³/mol. The Labute approximate surface area is 136 Å². The number of hydrogen-bond donors (Lipinski definition) is 2. The van der Waals surface area contributed by atoms with Gasteiger partial charge in [0.05, 0.1) is 6.54 Å². The van der Waals surface area contributed by atoms with E-state index in [-0.39, 0.29) is 24.3 Å². The Bertz CT molecular complexity index is 563. The summed E-state index contributed by atoms with van der Waals surface area (Å²) in [5, 5.41) is 5.22. The van der Waals surface area contributed by atoms with Gasteiger partial charge in [-0.2, -0.15) is 0 Å². The molecule has 1 aromatic carbocycles. The number of amides is 3. The fourth-order valence-electron chi connectivity index (χ4n) is 2.46. The molecule has 1 heterocycles. The maximum atomic E-state index is 11.9. The molecule has 0 bridgehead atoms. The highest BCUT2D eigenvalue weighted by Gasteiger charge is 2.17. The van der Waals surface area contributed by atoms with E-state index in [0.717, 1.165) is 31.5 Å². The summed E-state index contributed by atoms with van der Waals surface area (Å²) in [4.78, 5) is 37.2. The fourth-order valence-corrected chi connectivity index (χ4v) is 2.46. The highest BCUT2D eigenvalue weighted by atomic mass is 16.2. The average molecular weight is 317 g/mol. The van der Waals surface area contributed by atoms with Crippen LogP contribution in [0.3, 0.4) is 0 Å². The van der Waals surface area contributed by atoms with E-state index in [1.54, 1.807) is 12.1 Å². The molecule has 1 aromatic rings. The summed E-state index contributed by atoms with van der Waals surface area (Å²) in [6.45, 7) is 3.79. The Balaban J connectivity index is 1.63. The summed E-state index contributed by atoms with van der Waals surface area (Å²) in [7, 11) is 0. The van der Waals surface area contributed by atoms with Crippen LogP contribution in [-0.2, 0) is 9.59 Å². The SMILES string of the molecule is Cc1ccc(C(=O)NCC(=O)NCCC(=O)N2CCCC2)cc1. The topological polar surface area (TPSA) is 78.5 Å². The molecule has 1 fully saturated rings. The first kappa shape index (κ1) is 17.0. The normalized spacial score (nSPS) is 13.7. The molecule has 1 aliphatic rings. The smallest absolute Gasteiger partial charge is 0.251 e. The molecule has 0 spiro atoms. The molecule has 23 heavy (non-hydrogen) atoms. The second kappa shape index (κ2) is 8.31. The molecule has 0 atom stereocenters. The van der Waals surface area contributed by atoms with E-state index in [2.05, 4.69) is 10.6 Å². The maximum Gasteiger partial charge on any atom is 0.251 e. The van der Waals surface area contributed by atoms with Gasteiger partial charge in [0.1, 0.15) is 0 Å². The Morgan fingerprint density at radius 1 is 1.04 bits per heavy atom. The van der Waals surface area contributed by atoms with E-state index in [1.165, 1.54) is 0 Å². The first-order chi connectivity index (χ1) is 11.1. The molecule has 3 amide bonds. The Morgan fingerprint density at radius 2 is 1.70 bits per heavy atom. The van der Waals surface area contributed by atoms with Gasteiger partial charge < -0.3 is 15.5 Å². The van der Waals surface area contributed by atoms with Gasteiger partial charge in [0, 0.05) is 31.6 Å². The Kier molecular flexibility index (Phi) is 6.14. The van der Waals surface area contributed by atoms with Crippen molar-refractivity contribution in [3.63, 3.8) is 0 Å². The van der Waals surface area contributed by atoms with Crippen molar-refractivity contribution in [3.05, 3.63) is 35.4 Å². The zero-order chi connectivity index (χ0) is 16.7. The number of nitrogens with zero attached hydrogens (tertiary/aromatic N) is 1. The minimum Gasteiger partial charge on any atom is -0.354 e. The largest absolute Gasteiger partial charge is 0.354 e. The molecule has 0 unspecified atom stereocenters. The van der Waals surface area contributed by atoms with Crippen LogP contribution in [0.2, 0.25) is 0 Å². The van der Waals surface area contributed by atoms with Crippen LogP contribution < -0.4 is 10.6 Å². The molecular weight excluding hydrogens is 294 g/mol. The summed E-state index contributed by atoms with van der Waals surface area (Å²) < 4.78 is 0. The number of aryl methyl sites for hydroxylation is 1. The van der Waals surface area contributed by atoms with Gasteiger partial charge in [0.2, 0.25) is 11.8 Å². The molecule has 0 aliphatic carbocycles. The van der Waals surface area contributed by atoms with Gasteiger partial charge in [-0.05, 0) is 31.9 Å². The van der Waals surface area contributed by atoms with E-state index in [1.807, 2.05) is 24.0 Å². The van der Waals surface area contributed by atoms with Crippen LogP contribution in [0.15, 0.2) is 24.3 Å². The molecule has 2 N–H and O–H groups in total. The highest BCUT2D eigenvalue weighted by molar-refractivity contribution is 5.96. The quantitative estimate of drug-likeness (QED) is 0.816. The van der Waals surface area contributed by atoms with Gasteiger partial charge in [-0.25, -0.2) is 0 Å². The number of likely N-dealkylation sites (tertiary alicyclic amines) is 1. The van der Waals surface area contributed by atoms with Gasteiger partial charge in [0.25, 0.3) is 5.91 Å². The van der Waals surface area contributed by atoms with E-state index in [9.17, 15) is 14.4 Å². The van der Waals surface area contributed by atoms with Crippen molar-refractivity contribution in [3.8, 4) is 0 Å². The first-order valence-corrected chi connectivity index (χ1v) is 7.95. The zero-order valence-corrected chi connectivity index (χ0v) is 13.4. The first-order valence-electron chi connectivity index (χ1n) is 7.95. The van der Waals surface area contributed by atoms with Crippen molar-refractivity contribution < 1.29 is 14.4 Å². The molecular formula is C17H23N3O3. The van der Waals surface area contributed by atoms with Crippen LogP contribution in [0.5, 0.6) is 0 Å². The van der Waals surface area contributed by atoms with E-state index < -0.39 is 0 Å². The molecule has 1 saturated heterocycles. The van der Waals surface area contributed by atoms with Gasteiger partial charge in [-0.3, -0.25) is 14.4 Å². The maximum absolute atomic E-state index is 11.9. The zero-order valence-electron chi connectivity index (χ0n) is 13.4. The van der Waals surface area contributed by atoms with Crippen molar-refractivity contribution in [2.45, 2.75) is 26.2 Å². The Hall–Kier alpha value is -2.37. The van der Waals surface area contributed by atoms with Crippen molar-refractivity contribution in [1.29, 1.82) is 0 Å². The lowest BCUT2D eigenvalue weighted by Crippen LogP contribution is -2.38. The van der Waals surface area contributed by atoms with Crippen molar-refractivity contribution >= 4 is 17.7 Å². The van der Waals surface area contributed by atoms with Crippen LogP contribution in [0, 0.1) is 6.92 Å². The minimum absolute atomic E-state index is 0.0755. The third-order valence-electron chi connectivity index (χ3n) is 3.84. The van der Waals surface area contributed by atoms with Crippen LogP contribution in [0.1, 0.15) is 35.2 Å². The second-order valence-corrected chi connectivity index (χ2v) is 5.74. The molecule has 6 nitrogen and oxygen atoms in total. The third kappa shape index (κ3) is 5.39. The summed E-state index contributed by atoms with van der Waals surface area (Å²) in [5.74, 6) is -0.500. The van der Waals surface area contributed by atoms with Gasteiger partial charge >= 0.3 is 0 Å². The summed E-state index contributed by atoms with van der Waals surface area (Å²) in [6.07, 6.45) is 2.42. The summed E-state index contributed by atoms with van der Waals surface area (Å²) in [6, 6.07) is 7.13. The average Bonchev–Trinajstić information content (AvgIpc) is 3.07. The van der Waals surface area contributed by atoms with Crippen LogP contribution in [-0.4, -0.2) is 48.8 Å². The Morgan fingerprint density at radius 3 is 2.35 bits per heavy atom. The number of carbonyl (C=O) groups is 3. The number of rotatable bonds is 6. The second-order valence-electron chi connectivity index (χ2n) is 5.74. The van der Waals surface area contributed by atoms with Crippen molar-refractivity contribution in [1.82, 2.24) is 15.5 Å². The standard InChI is InChI=1S/C17H23N3O3/c1-13-4-6-14(7-5-13)17(23)19-12-15(21)18-9-8-16(22)20-10-2-3-11-20/h4-7H,2-3,8-12H2,1H3,(H,18,21)(H,19,23). The van der Waals surface area contributed by atoms with Gasteiger partial charge in [0.15, 0.2) is 0 Å². The van der Waals surface area contributed by atoms with Crippen LogP contribution >= 0.6 is 0 Å². The van der Waals surface area contributed by atoms with E-state index >= 15 is 0 Å². The summed E-state index contributed by atoms with van der Waals surface area (Å²) >= 11 is 0. The lowest BCUT2D eigenvalue weighted by molar-refractivity contribution is -0.130. The lowest BCUT2D eigenvalue weighted by Gasteiger charge is -2.15. The van der Waals surface area contributed by atoms with Crippen molar-refractivity contribution in [2.24, 2.45) is 0 Å². The predicted octanol–water partition coefficient (Wildman–Crippen LogP) is 0.854. The molecule has 6 heteroatoms. The van der Waals surface area contributed by atoms with E-state index in [0.29, 0.717) is 18.5 Å². The molecule has 0 saturated carbocycles. The monoisotopic (exact) mass is 317 g/mol.